The summed E-state index contributed by atoms with van der Waals surface area (Å²) in [7, 11) is 0. The van der Waals surface area contributed by atoms with E-state index >= 15 is 0 Å². The van der Waals surface area contributed by atoms with Crippen LogP contribution in [0.15, 0.2) is 0 Å². The Hall–Kier alpha value is -0.370. The van der Waals surface area contributed by atoms with Crippen LogP contribution < -0.4 is 0 Å². The third kappa shape index (κ3) is 5.63. The van der Waals surface area contributed by atoms with Crippen LogP contribution >= 0.6 is 0 Å². The van der Waals surface area contributed by atoms with Crippen LogP contribution in [0.1, 0.15) is 0 Å². The highest BCUT2D eigenvalue weighted by molar-refractivity contribution is 7.74. The topological polar surface area (TPSA) is 49.4 Å². The minimum atomic E-state index is -2.46. The zero-order valence-corrected chi connectivity index (χ0v) is 4.23. The van der Waals surface area contributed by atoms with Gasteiger partial charge in [0.25, 0.3) is 0 Å². The highest BCUT2D eigenvalue weighted by Gasteiger charge is 1.73. The van der Waals surface area contributed by atoms with E-state index in [1.54, 1.807) is 0 Å². The largest absolute Gasteiger partial charge is 0.750 e. The lowest BCUT2D eigenvalue weighted by Gasteiger charge is -1.98. The molecule has 0 rings (SSSR count). The SMILES string of the molecule is C#CCOS(=O)[O-]. The molecule has 1 atom stereocenters. The second-order valence-electron chi connectivity index (χ2n) is 0.670. The summed E-state index contributed by atoms with van der Waals surface area (Å²) in [6.07, 6.45) is 4.63. The van der Waals surface area contributed by atoms with Crippen LogP contribution in [0.25, 0.3) is 0 Å². The normalized spacial score (nSPS) is 12.6. The summed E-state index contributed by atoms with van der Waals surface area (Å²) in [6, 6.07) is 0. The Kier molecular flexibility index (Phi) is 3.61. The van der Waals surface area contributed by atoms with Crippen molar-refractivity contribution in [2.75, 3.05) is 6.61 Å². The second kappa shape index (κ2) is 3.81. The van der Waals surface area contributed by atoms with Crippen LogP contribution in [0.4, 0.5) is 0 Å². The Balaban J connectivity index is 3.02. The molecular weight excluding hydrogens is 116 g/mol. The van der Waals surface area contributed by atoms with Crippen molar-refractivity contribution < 1.29 is 12.9 Å². The lowest BCUT2D eigenvalue weighted by Crippen LogP contribution is -1.93. The molecule has 0 fully saturated rings. The molecule has 0 saturated heterocycles. The Labute approximate surface area is 44.2 Å². The first-order valence-electron chi connectivity index (χ1n) is 1.43. The van der Waals surface area contributed by atoms with E-state index in [2.05, 4.69) is 10.6 Å². The van der Waals surface area contributed by atoms with Gasteiger partial charge in [-0.25, -0.2) is 4.21 Å². The summed E-state index contributed by atoms with van der Waals surface area (Å²) in [5.41, 5.74) is 0. The quantitative estimate of drug-likeness (QED) is 0.361. The standard InChI is InChI=1S/C3H4O3S/c1-2-3-6-7(4)5/h1H,3H2,(H,4,5)/p-1. The van der Waals surface area contributed by atoms with E-state index in [4.69, 9.17) is 0 Å². The van der Waals surface area contributed by atoms with Gasteiger partial charge in [0.05, 0.1) is 11.4 Å². The fourth-order valence-corrected chi connectivity index (χ4v) is 0.246. The van der Waals surface area contributed by atoms with Crippen LogP contribution in [0.2, 0.25) is 0 Å². The number of terminal acetylenes is 1. The minimum absolute atomic E-state index is 0.184. The molecule has 0 amide bonds. The molecule has 0 aromatic rings. The van der Waals surface area contributed by atoms with Gasteiger partial charge in [-0.15, -0.1) is 6.42 Å². The highest BCUT2D eigenvalue weighted by atomic mass is 32.2. The van der Waals surface area contributed by atoms with Gasteiger partial charge in [0.1, 0.15) is 6.61 Å². The third-order valence-corrected chi connectivity index (χ3v) is 0.549. The van der Waals surface area contributed by atoms with Gasteiger partial charge in [0.15, 0.2) is 0 Å². The van der Waals surface area contributed by atoms with Gasteiger partial charge in [-0.2, -0.15) is 0 Å². The summed E-state index contributed by atoms with van der Waals surface area (Å²) in [5, 5.41) is 0. The summed E-state index contributed by atoms with van der Waals surface area (Å²) in [5.74, 6) is 1.98. The van der Waals surface area contributed by atoms with Crippen LogP contribution in [-0.2, 0) is 15.5 Å². The molecule has 0 aliphatic heterocycles. The van der Waals surface area contributed by atoms with E-state index in [1.165, 1.54) is 0 Å². The molecule has 0 aliphatic rings. The molecule has 0 aromatic carbocycles. The van der Waals surface area contributed by atoms with Crippen molar-refractivity contribution in [1.29, 1.82) is 0 Å². The van der Waals surface area contributed by atoms with E-state index in [0.29, 0.717) is 0 Å². The molecule has 3 nitrogen and oxygen atoms in total. The van der Waals surface area contributed by atoms with Crippen molar-refractivity contribution in [2.45, 2.75) is 0 Å². The lowest BCUT2D eigenvalue weighted by atomic mass is 10.8. The average Bonchev–Trinajstić information content (AvgIpc) is 1.61. The fourth-order valence-electron chi connectivity index (χ4n) is 0.0821. The molecule has 1 unspecified atom stereocenters. The molecule has 0 aromatic heterocycles. The maximum absolute atomic E-state index is 9.44. The van der Waals surface area contributed by atoms with Gasteiger partial charge in [-0.3, -0.25) is 4.18 Å². The van der Waals surface area contributed by atoms with E-state index < -0.39 is 11.4 Å². The van der Waals surface area contributed by atoms with E-state index in [1.807, 2.05) is 5.92 Å². The lowest BCUT2D eigenvalue weighted by molar-refractivity contribution is 0.339. The summed E-state index contributed by atoms with van der Waals surface area (Å²) < 4.78 is 22.8. The van der Waals surface area contributed by atoms with Crippen LogP contribution in [0.5, 0.6) is 0 Å². The van der Waals surface area contributed by atoms with Crippen LogP contribution in [0.3, 0.4) is 0 Å². The zero-order valence-electron chi connectivity index (χ0n) is 3.42. The van der Waals surface area contributed by atoms with Crippen molar-refractivity contribution in [3.05, 3.63) is 0 Å². The van der Waals surface area contributed by atoms with Crippen LogP contribution in [0, 0.1) is 12.3 Å². The fraction of sp³-hybridized carbons (Fsp3) is 0.333. The summed E-state index contributed by atoms with van der Waals surface area (Å²) in [4.78, 5) is 0. The molecule has 0 aliphatic carbocycles. The highest BCUT2D eigenvalue weighted by Crippen LogP contribution is 1.73. The molecule has 40 valence electrons. The molecule has 0 saturated carbocycles. The Bertz CT molecular complexity index is 103. The molecular formula is C3H3O3S-. The monoisotopic (exact) mass is 119 g/mol. The zero-order chi connectivity index (χ0) is 5.70. The maximum atomic E-state index is 9.44. The van der Waals surface area contributed by atoms with Crippen molar-refractivity contribution >= 4 is 11.4 Å². The molecule has 0 radical (unpaired) electrons. The third-order valence-electron chi connectivity index (χ3n) is 0.238. The Morgan fingerprint density at radius 2 is 2.57 bits per heavy atom. The molecule has 7 heavy (non-hydrogen) atoms. The smallest absolute Gasteiger partial charge is 0.123 e. The van der Waals surface area contributed by atoms with Gasteiger partial charge in [0.2, 0.25) is 0 Å². The van der Waals surface area contributed by atoms with E-state index in [-0.39, 0.29) is 6.61 Å². The van der Waals surface area contributed by atoms with Crippen molar-refractivity contribution in [1.82, 2.24) is 0 Å². The van der Waals surface area contributed by atoms with Crippen molar-refractivity contribution in [2.24, 2.45) is 0 Å². The first kappa shape index (κ1) is 6.63. The second-order valence-corrected chi connectivity index (χ2v) is 1.31. The van der Waals surface area contributed by atoms with Gasteiger partial charge in [0, 0.05) is 0 Å². The molecule has 4 heteroatoms. The van der Waals surface area contributed by atoms with Gasteiger partial charge < -0.3 is 4.55 Å². The molecule has 0 N–H and O–H groups in total. The van der Waals surface area contributed by atoms with E-state index in [0.717, 1.165) is 0 Å². The number of hydrogen-bond acceptors (Lipinski definition) is 3. The van der Waals surface area contributed by atoms with E-state index in [9.17, 15) is 8.76 Å². The summed E-state index contributed by atoms with van der Waals surface area (Å²) in [6.45, 7) is -0.184. The molecule has 0 spiro atoms. The number of rotatable bonds is 2. The van der Waals surface area contributed by atoms with Gasteiger partial charge >= 0.3 is 0 Å². The minimum Gasteiger partial charge on any atom is -0.750 e. The summed E-state index contributed by atoms with van der Waals surface area (Å²) >= 11 is -2.46. The first-order valence-corrected chi connectivity index (χ1v) is 2.43. The predicted octanol–water partition coefficient (Wildman–Crippen LogP) is -0.570. The number of hydrogen-bond donors (Lipinski definition) is 0. The van der Waals surface area contributed by atoms with Gasteiger partial charge in [-0.1, -0.05) is 5.92 Å². The first-order chi connectivity index (χ1) is 3.27. The molecule has 0 bridgehead atoms. The van der Waals surface area contributed by atoms with Crippen molar-refractivity contribution in [3.8, 4) is 12.3 Å². The van der Waals surface area contributed by atoms with Gasteiger partial charge in [-0.05, 0) is 0 Å². The maximum Gasteiger partial charge on any atom is 0.123 e. The molecule has 0 heterocycles. The Morgan fingerprint density at radius 3 is 2.71 bits per heavy atom. The predicted molar refractivity (Wildman–Crippen MR) is 23.7 cm³/mol. The van der Waals surface area contributed by atoms with Crippen molar-refractivity contribution in [3.63, 3.8) is 0 Å². The average molecular weight is 119 g/mol. The van der Waals surface area contributed by atoms with Crippen LogP contribution in [-0.4, -0.2) is 15.4 Å². The Morgan fingerprint density at radius 1 is 2.00 bits per heavy atom.